The molecule has 0 aromatic heterocycles. The van der Waals surface area contributed by atoms with Gasteiger partial charge in [0.25, 0.3) is 0 Å². The molecule has 1 unspecified atom stereocenters. The number of benzene rings is 1. The maximum atomic E-state index is 11.6. The number of rotatable bonds is 5. The second-order valence-electron chi connectivity index (χ2n) is 4.21. The highest BCUT2D eigenvalue weighted by molar-refractivity contribution is 5.92. The highest BCUT2D eigenvalue weighted by Crippen LogP contribution is 2.10. The topological polar surface area (TPSA) is 67.4 Å². The van der Waals surface area contributed by atoms with E-state index >= 15 is 0 Å². The van der Waals surface area contributed by atoms with Gasteiger partial charge in [0, 0.05) is 11.7 Å². The molecule has 0 bridgehead atoms. The summed E-state index contributed by atoms with van der Waals surface area (Å²) in [7, 11) is 0. The van der Waals surface area contributed by atoms with Crippen LogP contribution in [-0.4, -0.2) is 24.6 Å². The van der Waals surface area contributed by atoms with E-state index in [0.29, 0.717) is 17.9 Å². The summed E-state index contributed by atoms with van der Waals surface area (Å²) in [4.78, 5) is 23.0. The van der Waals surface area contributed by atoms with Gasteiger partial charge < -0.3 is 15.4 Å². The largest absolute Gasteiger partial charge is 0.462 e. The third-order valence-corrected chi connectivity index (χ3v) is 2.64. The van der Waals surface area contributed by atoms with Gasteiger partial charge in [-0.3, -0.25) is 0 Å². The second-order valence-corrected chi connectivity index (χ2v) is 4.21. The third-order valence-electron chi connectivity index (χ3n) is 2.64. The van der Waals surface area contributed by atoms with E-state index < -0.39 is 0 Å². The quantitative estimate of drug-likeness (QED) is 0.803. The molecule has 5 nitrogen and oxygen atoms in total. The summed E-state index contributed by atoms with van der Waals surface area (Å²) in [6.45, 7) is 6.03. The van der Waals surface area contributed by atoms with Crippen molar-refractivity contribution >= 4 is 17.7 Å². The molecule has 2 amide bonds. The van der Waals surface area contributed by atoms with Crippen molar-refractivity contribution in [2.24, 2.45) is 0 Å². The van der Waals surface area contributed by atoms with Crippen molar-refractivity contribution in [1.82, 2.24) is 5.32 Å². The fourth-order valence-corrected chi connectivity index (χ4v) is 1.40. The minimum Gasteiger partial charge on any atom is -0.462 e. The molecule has 1 aromatic rings. The lowest BCUT2D eigenvalue weighted by molar-refractivity contribution is 0.0526. The molecule has 0 spiro atoms. The van der Waals surface area contributed by atoms with Crippen molar-refractivity contribution in [1.29, 1.82) is 0 Å². The first-order chi connectivity index (χ1) is 9.06. The highest BCUT2D eigenvalue weighted by atomic mass is 16.5. The number of esters is 1. The average Bonchev–Trinajstić information content (AvgIpc) is 2.39. The SMILES string of the molecule is CCOC(=O)c1ccc(NC(=O)NC(C)CC)cc1. The lowest BCUT2D eigenvalue weighted by Crippen LogP contribution is -2.35. The predicted molar refractivity (Wildman–Crippen MR) is 74.3 cm³/mol. The Morgan fingerprint density at radius 2 is 1.84 bits per heavy atom. The van der Waals surface area contributed by atoms with Gasteiger partial charge in [-0.1, -0.05) is 6.92 Å². The Morgan fingerprint density at radius 3 is 2.37 bits per heavy atom. The Bertz CT molecular complexity index is 429. The van der Waals surface area contributed by atoms with Crippen LogP contribution in [0.25, 0.3) is 0 Å². The molecule has 0 radical (unpaired) electrons. The molecule has 1 atom stereocenters. The fourth-order valence-electron chi connectivity index (χ4n) is 1.40. The molecule has 0 aliphatic rings. The molecule has 19 heavy (non-hydrogen) atoms. The zero-order chi connectivity index (χ0) is 14.3. The number of anilines is 1. The van der Waals surface area contributed by atoms with Crippen molar-refractivity contribution in [3.05, 3.63) is 29.8 Å². The van der Waals surface area contributed by atoms with E-state index in [9.17, 15) is 9.59 Å². The maximum Gasteiger partial charge on any atom is 0.338 e. The predicted octanol–water partition coefficient (Wildman–Crippen LogP) is 2.78. The van der Waals surface area contributed by atoms with Crippen molar-refractivity contribution in [3.63, 3.8) is 0 Å². The number of hydrogen-bond acceptors (Lipinski definition) is 3. The molecule has 0 aliphatic heterocycles. The Balaban J connectivity index is 2.57. The van der Waals surface area contributed by atoms with Gasteiger partial charge in [0.05, 0.1) is 12.2 Å². The summed E-state index contributed by atoms with van der Waals surface area (Å²) < 4.78 is 4.88. The standard InChI is InChI=1S/C14H20N2O3/c1-4-10(3)15-14(18)16-12-8-6-11(7-9-12)13(17)19-5-2/h6-10H,4-5H2,1-3H3,(H2,15,16,18). The molecule has 0 fully saturated rings. The normalized spacial score (nSPS) is 11.5. The van der Waals surface area contributed by atoms with E-state index in [1.807, 2.05) is 13.8 Å². The highest BCUT2D eigenvalue weighted by Gasteiger charge is 2.08. The first-order valence-electron chi connectivity index (χ1n) is 6.41. The zero-order valence-corrected chi connectivity index (χ0v) is 11.5. The molecule has 0 heterocycles. The minimum absolute atomic E-state index is 0.124. The molecule has 104 valence electrons. The minimum atomic E-state index is -0.363. The summed E-state index contributed by atoms with van der Waals surface area (Å²) >= 11 is 0. The average molecular weight is 264 g/mol. The Hall–Kier alpha value is -2.04. The van der Waals surface area contributed by atoms with E-state index in [-0.39, 0.29) is 18.0 Å². The van der Waals surface area contributed by atoms with Gasteiger partial charge in [-0.15, -0.1) is 0 Å². The van der Waals surface area contributed by atoms with Crippen LogP contribution in [-0.2, 0) is 4.74 Å². The Labute approximate surface area is 113 Å². The van der Waals surface area contributed by atoms with E-state index in [0.717, 1.165) is 6.42 Å². The van der Waals surface area contributed by atoms with Crippen LogP contribution in [0.4, 0.5) is 10.5 Å². The molecule has 0 saturated heterocycles. The number of hydrogen-bond donors (Lipinski definition) is 2. The fraction of sp³-hybridized carbons (Fsp3) is 0.429. The van der Waals surface area contributed by atoms with Gasteiger partial charge in [0.15, 0.2) is 0 Å². The molecule has 0 aliphatic carbocycles. The summed E-state index contributed by atoms with van der Waals surface area (Å²) in [5.74, 6) is -0.363. The van der Waals surface area contributed by atoms with Crippen molar-refractivity contribution < 1.29 is 14.3 Å². The van der Waals surface area contributed by atoms with Crippen LogP contribution in [0.2, 0.25) is 0 Å². The smallest absolute Gasteiger partial charge is 0.338 e. The molecule has 1 aromatic carbocycles. The first-order valence-corrected chi connectivity index (χ1v) is 6.41. The number of nitrogens with one attached hydrogen (secondary N) is 2. The zero-order valence-electron chi connectivity index (χ0n) is 11.5. The number of urea groups is 1. The van der Waals surface area contributed by atoms with Gasteiger partial charge in [-0.05, 0) is 44.5 Å². The van der Waals surface area contributed by atoms with Crippen molar-refractivity contribution in [2.45, 2.75) is 33.2 Å². The Morgan fingerprint density at radius 1 is 1.21 bits per heavy atom. The molecule has 2 N–H and O–H groups in total. The van der Waals surface area contributed by atoms with E-state index in [4.69, 9.17) is 4.74 Å². The second kappa shape index (κ2) is 7.41. The lowest BCUT2D eigenvalue weighted by atomic mass is 10.2. The summed E-state index contributed by atoms with van der Waals surface area (Å²) in [5, 5.41) is 5.50. The number of carbonyl (C=O) groups is 2. The van der Waals surface area contributed by atoms with Gasteiger partial charge in [-0.2, -0.15) is 0 Å². The summed E-state index contributed by atoms with van der Waals surface area (Å²) in [6.07, 6.45) is 0.870. The van der Waals surface area contributed by atoms with Crippen LogP contribution >= 0.6 is 0 Å². The summed E-state index contributed by atoms with van der Waals surface area (Å²) in [5.41, 5.74) is 1.10. The monoisotopic (exact) mass is 264 g/mol. The number of carbonyl (C=O) groups excluding carboxylic acids is 2. The molecule has 0 saturated carbocycles. The molecule has 1 rings (SSSR count). The third kappa shape index (κ3) is 4.99. The van der Waals surface area contributed by atoms with Crippen LogP contribution in [0.15, 0.2) is 24.3 Å². The maximum absolute atomic E-state index is 11.6. The number of ether oxygens (including phenoxy) is 1. The van der Waals surface area contributed by atoms with Crippen LogP contribution in [0.1, 0.15) is 37.6 Å². The van der Waals surface area contributed by atoms with Crippen LogP contribution < -0.4 is 10.6 Å². The molecule has 5 heteroatoms. The van der Waals surface area contributed by atoms with Crippen molar-refractivity contribution in [3.8, 4) is 0 Å². The number of amides is 2. The van der Waals surface area contributed by atoms with Crippen molar-refractivity contribution in [2.75, 3.05) is 11.9 Å². The van der Waals surface area contributed by atoms with E-state index in [2.05, 4.69) is 10.6 Å². The first kappa shape index (κ1) is 15.0. The van der Waals surface area contributed by atoms with Gasteiger partial charge in [-0.25, -0.2) is 9.59 Å². The van der Waals surface area contributed by atoms with E-state index in [1.54, 1.807) is 31.2 Å². The van der Waals surface area contributed by atoms with Gasteiger partial charge in [0.1, 0.15) is 0 Å². The lowest BCUT2D eigenvalue weighted by Gasteiger charge is -2.12. The van der Waals surface area contributed by atoms with Gasteiger partial charge in [0.2, 0.25) is 0 Å². The Kier molecular flexibility index (Phi) is 5.85. The van der Waals surface area contributed by atoms with Crippen LogP contribution in [0, 0.1) is 0 Å². The van der Waals surface area contributed by atoms with Crippen LogP contribution in [0.5, 0.6) is 0 Å². The molecular weight excluding hydrogens is 244 g/mol. The van der Waals surface area contributed by atoms with E-state index in [1.165, 1.54) is 0 Å². The van der Waals surface area contributed by atoms with Gasteiger partial charge >= 0.3 is 12.0 Å². The molecular formula is C14H20N2O3. The van der Waals surface area contributed by atoms with Crippen LogP contribution in [0.3, 0.4) is 0 Å². The summed E-state index contributed by atoms with van der Waals surface area (Å²) in [6, 6.07) is 6.45.